The number of ether oxygens (including phenoxy) is 1. The molecule has 0 saturated heterocycles. The Morgan fingerprint density at radius 2 is 1.70 bits per heavy atom. The third kappa shape index (κ3) is 3.12. The van der Waals surface area contributed by atoms with Crippen molar-refractivity contribution in [1.29, 1.82) is 0 Å². The third-order valence-corrected chi connectivity index (χ3v) is 2.80. The summed E-state index contributed by atoms with van der Waals surface area (Å²) in [5.41, 5.74) is 1.02. The molecule has 5 nitrogen and oxygen atoms in total. The molecule has 0 radical (unpaired) electrons. The van der Waals surface area contributed by atoms with Crippen LogP contribution in [0.1, 0.15) is 36.8 Å². The standard InChI is InChI=1S/C15H16N2O3/c1-15(2,3)10-4-6-11(7-5-10)20-13-12(14(18)19)16-8-9-17-13/h4-9H,1-3H3,(H,18,19). The molecule has 0 aliphatic rings. The largest absolute Gasteiger partial charge is 0.476 e. The smallest absolute Gasteiger partial charge is 0.360 e. The molecule has 2 rings (SSSR count). The van der Waals surface area contributed by atoms with Gasteiger partial charge in [-0.1, -0.05) is 32.9 Å². The van der Waals surface area contributed by atoms with Gasteiger partial charge in [-0.05, 0) is 23.1 Å². The van der Waals surface area contributed by atoms with Crippen LogP contribution in [-0.4, -0.2) is 21.0 Å². The lowest BCUT2D eigenvalue weighted by molar-refractivity contribution is 0.0686. The minimum Gasteiger partial charge on any atom is -0.476 e. The maximum absolute atomic E-state index is 11.0. The van der Waals surface area contributed by atoms with Crippen LogP contribution < -0.4 is 4.74 Å². The van der Waals surface area contributed by atoms with Crippen LogP contribution in [0.3, 0.4) is 0 Å². The summed E-state index contributed by atoms with van der Waals surface area (Å²) in [6.45, 7) is 6.36. The number of rotatable bonds is 3. The molecule has 1 aromatic heterocycles. The first-order valence-electron chi connectivity index (χ1n) is 6.20. The highest BCUT2D eigenvalue weighted by Gasteiger charge is 2.16. The molecule has 5 heteroatoms. The van der Waals surface area contributed by atoms with E-state index in [0.29, 0.717) is 5.75 Å². The van der Waals surface area contributed by atoms with Gasteiger partial charge in [0.2, 0.25) is 5.69 Å². The maximum Gasteiger partial charge on any atom is 0.360 e. The predicted octanol–water partition coefficient (Wildman–Crippen LogP) is 3.26. The van der Waals surface area contributed by atoms with E-state index in [1.165, 1.54) is 18.0 Å². The van der Waals surface area contributed by atoms with Crippen molar-refractivity contribution in [2.75, 3.05) is 0 Å². The second kappa shape index (κ2) is 5.28. The molecule has 0 aliphatic carbocycles. The number of carboxylic acids is 1. The number of hydrogen-bond acceptors (Lipinski definition) is 4. The van der Waals surface area contributed by atoms with E-state index in [1.807, 2.05) is 12.1 Å². The topological polar surface area (TPSA) is 72.3 Å². The van der Waals surface area contributed by atoms with Crippen molar-refractivity contribution >= 4 is 5.97 Å². The molecule has 1 N–H and O–H groups in total. The number of carbonyl (C=O) groups is 1. The molecule has 20 heavy (non-hydrogen) atoms. The lowest BCUT2D eigenvalue weighted by Crippen LogP contribution is -2.10. The first-order chi connectivity index (χ1) is 9.38. The molecule has 1 heterocycles. The Morgan fingerprint density at radius 3 is 2.25 bits per heavy atom. The minimum absolute atomic E-state index is 0.0106. The Bertz CT molecular complexity index is 616. The molecule has 0 unspecified atom stereocenters. The van der Waals surface area contributed by atoms with E-state index in [1.54, 1.807) is 12.1 Å². The van der Waals surface area contributed by atoms with Crippen LogP contribution in [0.15, 0.2) is 36.7 Å². The Morgan fingerprint density at radius 1 is 1.10 bits per heavy atom. The normalized spacial score (nSPS) is 11.2. The van der Waals surface area contributed by atoms with E-state index in [2.05, 4.69) is 30.7 Å². The Kier molecular flexibility index (Phi) is 3.70. The quantitative estimate of drug-likeness (QED) is 0.928. The molecular weight excluding hydrogens is 256 g/mol. The van der Waals surface area contributed by atoms with Gasteiger partial charge in [0.1, 0.15) is 5.75 Å². The van der Waals surface area contributed by atoms with E-state index >= 15 is 0 Å². The van der Waals surface area contributed by atoms with E-state index in [4.69, 9.17) is 9.84 Å². The van der Waals surface area contributed by atoms with Gasteiger partial charge in [-0.25, -0.2) is 14.8 Å². The molecule has 0 aliphatic heterocycles. The number of aromatic nitrogens is 2. The Balaban J connectivity index is 2.25. The number of aromatic carboxylic acids is 1. The predicted molar refractivity (Wildman–Crippen MR) is 74.2 cm³/mol. The van der Waals surface area contributed by atoms with Crippen LogP contribution in [-0.2, 0) is 5.41 Å². The zero-order valence-electron chi connectivity index (χ0n) is 11.6. The van der Waals surface area contributed by atoms with Gasteiger partial charge in [-0.15, -0.1) is 0 Å². The fraction of sp³-hybridized carbons (Fsp3) is 0.267. The van der Waals surface area contributed by atoms with Crippen LogP contribution in [0.5, 0.6) is 11.6 Å². The molecule has 0 amide bonds. The summed E-state index contributed by atoms with van der Waals surface area (Å²) < 4.78 is 5.48. The van der Waals surface area contributed by atoms with Gasteiger partial charge in [0.15, 0.2) is 0 Å². The molecule has 0 fully saturated rings. The summed E-state index contributed by atoms with van der Waals surface area (Å²) in [4.78, 5) is 18.7. The van der Waals surface area contributed by atoms with Gasteiger partial charge < -0.3 is 9.84 Å². The van der Waals surface area contributed by atoms with Crippen LogP contribution in [0.4, 0.5) is 0 Å². The highest BCUT2D eigenvalue weighted by Crippen LogP contribution is 2.26. The average molecular weight is 272 g/mol. The van der Waals surface area contributed by atoms with Crippen molar-refractivity contribution in [3.8, 4) is 11.6 Å². The Hall–Kier alpha value is -2.43. The summed E-state index contributed by atoms with van der Waals surface area (Å²) in [6.07, 6.45) is 2.71. The van der Waals surface area contributed by atoms with E-state index < -0.39 is 5.97 Å². The van der Waals surface area contributed by atoms with E-state index in [-0.39, 0.29) is 17.0 Å². The molecule has 0 spiro atoms. The van der Waals surface area contributed by atoms with Crippen LogP contribution in [0.2, 0.25) is 0 Å². The molecule has 2 aromatic rings. The molecule has 1 aromatic carbocycles. The highest BCUT2D eigenvalue weighted by molar-refractivity contribution is 5.87. The van der Waals surface area contributed by atoms with Crippen molar-refractivity contribution in [2.24, 2.45) is 0 Å². The van der Waals surface area contributed by atoms with Gasteiger partial charge in [0, 0.05) is 12.4 Å². The Labute approximate surface area is 117 Å². The van der Waals surface area contributed by atoms with Crippen molar-refractivity contribution in [1.82, 2.24) is 9.97 Å². The third-order valence-electron chi connectivity index (χ3n) is 2.80. The summed E-state index contributed by atoms with van der Waals surface area (Å²) in [5.74, 6) is -0.649. The second-order valence-corrected chi connectivity index (χ2v) is 5.39. The maximum atomic E-state index is 11.0. The molecule has 0 bridgehead atoms. The van der Waals surface area contributed by atoms with Crippen LogP contribution >= 0.6 is 0 Å². The molecular formula is C15H16N2O3. The summed E-state index contributed by atoms with van der Waals surface area (Å²) in [7, 11) is 0. The molecule has 0 atom stereocenters. The number of carboxylic acid groups (broad SMARTS) is 1. The SMILES string of the molecule is CC(C)(C)c1ccc(Oc2nccnc2C(=O)O)cc1. The van der Waals surface area contributed by atoms with Gasteiger partial charge in [-0.2, -0.15) is 0 Å². The monoisotopic (exact) mass is 272 g/mol. The van der Waals surface area contributed by atoms with Crippen molar-refractivity contribution in [2.45, 2.75) is 26.2 Å². The lowest BCUT2D eigenvalue weighted by atomic mass is 9.87. The first kappa shape index (κ1) is 14.0. The summed E-state index contributed by atoms with van der Waals surface area (Å²) >= 11 is 0. The number of hydrogen-bond donors (Lipinski definition) is 1. The van der Waals surface area contributed by atoms with Crippen molar-refractivity contribution in [3.63, 3.8) is 0 Å². The zero-order valence-corrected chi connectivity index (χ0v) is 11.6. The summed E-state index contributed by atoms with van der Waals surface area (Å²) in [6, 6.07) is 7.49. The zero-order chi connectivity index (χ0) is 14.8. The second-order valence-electron chi connectivity index (χ2n) is 5.39. The summed E-state index contributed by atoms with van der Waals surface area (Å²) in [5, 5.41) is 9.01. The first-order valence-corrected chi connectivity index (χ1v) is 6.20. The number of benzene rings is 1. The highest BCUT2D eigenvalue weighted by atomic mass is 16.5. The molecule has 104 valence electrons. The fourth-order valence-corrected chi connectivity index (χ4v) is 1.68. The minimum atomic E-state index is -1.17. The molecule has 0 saturated carbocycles. The van der Waals surface area contributed by atoms with Crippen LogP contribution in [0.25, 0.3) is 0 Å². The lowest BCUT2D eigenvalue weighted by Gasteiger charge is -2.19. The average Bonchev–Trinajstić information content (AvgIpc) is 2.38. The van der Waals surface area contributed by atoms with Crippen LogP contribution in [0, 0.1) is 0 Å². The van der Waals surface area contributed by atoms with Gasteiger partial charge in [0.25, 0.3) is 5.88 Å². The van der Waals surface area contributed by atoms with Gasteiger partial charge >= 0.3 is 5.97 Å². The van der Waals surface area contributed by atoms with E-state index in [0.717, 1.165) is 0 Å². The van der Waals surface area contributed by atoms with E-state index in [9.17, 15) is 4.79 Å². The van der Waals surface area contributed by atoms with Gasteiger partial charge in [-0.3, -0.25) is 0 Å². The van der Waals surface area contributed by atoms with Gasteiger partial charge in [0.05, 0.1) is 0 Å². The van der Waals surface area contributed by atoms with Crippen molar-refractivity contribution < 1.29 is 14.6 Å². The fourth-order valence-electron chi connectivity index (χ4n) is 1.68. The van der Waals surface area contributed by atoms with Crippen molar-refractivity contribution in [3.05, 3.63) is 47.9 Å². The number of nitrogens with zero attached hydrogens (tertiary/aromatic N) is 2.